The molecule has 0 fully saturated rings. The minimum atomic E-state index is -0.207. The van der Waals surface area contributed by atoms with E-state index in [1.165, 1.54) is 12.1 Å². The zero-order valence-electron chi connectivity index (χ0n) is 15.7. The van der Waals surface area contributed by atoms with E-state index in [2.05, 4.69) is 20.9 Å². The molecular formula is C20H26N4O3. The molecule has 1 amide bonds. The molecule has 144 valence electrons. The Hall–Kier alpha value is -3.22. The average molecular weight is 370 g/mol. The highest BCUT2D eigenvalue weighted by molar-refractivity contribution is 5.95. The maximum Gasteiger partial charge on any atom is 0.243 e. The largest absolute Gasteiger partial charge is 0.508 e. The Morgan fingerprint density at radius 3 is 2.52 bits per heavy atom. The van der Waals surface area contributed by atoms with E-state index in [9.17, 15) is 9.90 Å². The quantitative estimate of drug-likeness (QED) is 0.325. The Kier molecular flexibility index (Phi) is 7.96. The fourth-order valence-electron chi connectivity index (χ4n) is 2.35. The van der Waals surface area contributed by atoms with E-state index in [4.69, 9.17) is 4.74 Å². The minimum Gasteiger partial charge on any atom is -0.508 e. The van der Waals surface area contributed by atoms with Gasteiger partial charge in [0, 0.05) is 17.8 Å². The molecule has 0 spiro atoms. The monoisotopic (exact) mass is 370 g/mol. The van der Waals surface area contributed by atoms with E-state index in [0.717, 1.165) is 11.3 Å². The number of anilines is 1. The molecule has 0 saturated carbocycles. The van der Waals surface area contributed by atoms with Crippen LogP contribution in [0, 0.1) is 0 Å². The van der Waals surface area contributed by atoms with E-state index >= 15 is 0 Å². The van der Waals surface area contributed by atoms with Gasteiger partial charge in [0.25, 0.3) is 0 Å². The fraction of sp³-hybridized carbons (Fsp3) is 0.300. The van der Waals surface area contributed by atoms with Crippen LogP contribution in [0.4, 0.5) is 5.69 Å². The molecule has 7 heteroatoms. The molecule has 0 aliphatic heterocycles. The van der Waals surface area contributed by atoms with Crippen molar-refractivity contribution in [2.45, 2.75) is 20.4 Å². The second-order valence-electron chi connectivity index (χ2n) is 5.68. The van der Waals surface area contributed by atoms with Crippen LogP contribution in [-0.4, -0.2) is 36.7 Å². The SMILES string of the molecule is CCNC(=NCc1ccccc1OCC)NCC(=O)Nc1ccc(O)cc1. The Balaban J connectivity index is 1.93. The molecule has 0 aliphatic rings. The number of nitrogens with zero attached hydrogens (tertiary/aromatic N) is 1. The lowest BCUT2D eigenvalue weighted by Crippen LogP contribution is -2.41. The molecule has 2 aromatic carbocycles. The number of hydrogen-bond acceptors (Lipinski definition) is 4. The number of aromatic hydroxyl groups is 1. The lowest BCUT2D eigenvalue weighted by Gasteiger charge is -2.13. The zero-order valence-corrected chi connectivity index (χ0v) is 15.7. The predicted molar refractivity (Wildman–Crippen MR) is 107 cm³/mol. The van der Waals surface area contributed by atoms with Crippen molar-refractivity contribution < 1.29 is 14.6 Å². The van der Waals surface area contributed by atoms with Crippen LogP contribution < -0.4 is 20.7 Å². The molecule has 0 unspecified atom stereocenters. The number of phenols is 1. The van der Waals surface area contributed by atoms with Gasteiger partial charge in [0.15, 0.2) is 5.96 Å². The van der Waals surface area contributed by atoms with Crippen molar-refractivity contribution in [1.82, 2.24) is 10.6 Å². The molecule has 27 heavy (non-hydrogen) atoms. The van der Waals surface area contributed by atoms with Crippen molar-refractivity contribution >= 4 is 17.6 Å². The van der Waals surface area contributed by atoms with E-state index in [0.29, 0.717) is 31.3 Å². The number of ether oxygens (including phenoxy) is 1. The number of para-hydroxylation sites is 1. The summed E-state index contributed by atoms with van der Waals surface area (Å²) in [6.07, 6.45) is 0. The number of carbonyl (C=O) groups is 1. The molecule has 0 aromatic heterocycles. The molecular weight excluding hydrogens is 344 g/mol. The molecule has 0 aliphatic carbocycles. The van der Waals surface area contributed by atoms with Gasteiger partial charge in [-0.15, -0.1) is 0 Å². The molecule has 4 N–H and O–H groups in total. The topological polar surface area (TPSA) is 95.0 Å². The first-order valence-corrected chi connectivity index (χ1v) is 8.94. The summed E-state index contributed by atoms with van der Waals surface area (Å²) in [5.41, 5.74) is 1.59. The normalized spacial score (nSPS) is 11.0. The molecule has 7 nitrogen and oxygen atoms in total. The summed E-state index contributed by atoms with van der Waals surface area (Å²) in [7, 11) is 0. The molecule has 0 heterocycles. The van der Waals surface area contributed by atoms with Gasteiger partial charge in [0.1, 0.15) is 11.5 Å². The van der Waals surface area contributed by atoms with Gasteiger partial charge in [-0.25, -0.2) is 4.99 Å². The summed E-state index contributed by atoms with van der Waals surface area (Å²) in [5, 5.41) is 18.2. The summed E-state index contributed by atoms with van der Waals surface area (Å²) in [6, 6.07) is 14.1. The Morgan fingerprint density at radius 1 is 1.07 bits per heavy atom. The van der Waals surface area contributed by atoms with Gasteiger partial charge in [0.05, 0.1) is 19.7 Å². The number of amides is 1. The van der Waals surface area contributed by atoms with Crippen molar-refractivity contribution in [3.05, 3.63) is 54.1 Å². The summed E-state index contributed by atoms with van der Waals surface area (Å²) in [4.78, 5) is 16.6. The maximum absolute atomic E-state index is 12.1. The molecule has 2 aromatic rings. The van der Waals surface area contributed by atoms with E-state index in [1.807, 2.05) is 38.1 Å². The van der Waals surface area contributed by atoms with Gasteiger partial charge in [0.2, 0.25) is 5.91 Å². The van der Waals surface area contributed by atoms with Crippen LogP contribution in [0.3, 0.4) is 0 Å². The highest BCUT2D eigenvalue weighted by atomic mass is 16.5. The number of carbonyl (C=O) groups excluding carboxylic acids is 1. The highest BCUT2D eigenvalue weighted by Crippen LogP contribution is 2.18. The Labute approximate surface area is 159 Å². The third-order valence-corrected chi connectivity index (χ3v) is 3.59. The van der Waals surface area contributed by atoms with Crippen molar-refractivity contribution in [3.63, 3.8) is 0 Å². The van der Waals surface area contributed by atoms with Crippen LogP contribution in [0.25, 0.3) is 0 Å². The van der Waals surface area contributed by atoms with E-state index in [1.54, 1.807) is 12.1 Å². The number of guanidine groups is 1. The predicted octanol–water partition coefficient (Wildman–Crippen LogP) is 2.48. The fourth-order valence-corrected chi connectivity index (χ4v) is 2.35. The molecule has 0 saturated heterocycles. The number of nitrogens with one attached hydrogen (secondary N) is 3. The van der Waals surface area contributed by atoms with Gasteiger partial charge in [-0.3, -0.25) is 4.79 Å². The summed E-state index contributed by atoms with van der Waals surface area (Å²) in [6.45, 7) is 5.68. The second-order valence-corrected chi connectivity index (χ2v) is 5.68. The smallest absolute Gasteiger partial charge is 0.243 e. The van der Waals surface area contributed by atoms with Crippen LogP contribution in [-0.2, 0) is 11.3 Å². The van der Waals surface area contributed by atoms with Crippen LogP contribution in [0.5, 0.6) is 11.5 Å². The van der Waals surface area contributed by atoms with Crippen LogP contribution in [0.1, 0.15) is 19.4 Å². The van der Waals surface area contributed by atoms with Crippen LogP contribution in [0.15, 0.2) is 53.5 Å². The van der Waals surface area contributed by atoms with Gasteiger partial charge in [-0.2, -0.15) is 0 Å². The second kappa shape index (κ2) is 10.7. The molecule has 0 atom stereocenters. The van der Waals surface area contributed by atoms with Gasteiger partial charge < -0.3 is 25.8 Å². The van der Waals surface area contributed by atoms with Crippen molar-refractivity contribution in [1.29, 1.82) is 0 Å². The number of aliphatic imine (C=N–C) groups is 1. The van der Waals surface area contributed by atoms with Crippen LogP contribution >= 0.6 is 0 Å². The lowest BCUT2D eigenvalue weighted by molar-refractivity contribution is -0.115. The van der Waals surface area contributed by atoms with E-state index < -0.39 is 0 Å². The number of hydrogen-bond donors (Lipinski definition) is 4. The third-order valence-electron chi connectivity index (χ3n) is 3.59. The molecule has 2 rings (SSSR count). The van der Waals surface area contributed by atoms with Gasteiger partial charge in [-0.1, -0.05) is 18.2 Å². The maximum atomic E-state index is 12.1. The highest BCUT2D eigenvalue weighted by Gasteiger charge is 2.06. The summed E-state index contributed by atoms with van der Waals surface area (Å²) >= 11 is 0. The number of benzene rings is 2. The van der Waals surface area contributed by atoms with Crippen molar-refractivity contribution in [2.24, 2.45) is 4.99 Å². The minimum absolute atomic E-state index is 0.0693. The van der Waals surface area contributed by atoms with Gasteiger partial charge in [-0.05, 0) is 44.2 Å². The Morgan fingerprint density at radius 2 is 1.81 bits per heavy atom. The number of phenolic OH excluding ortho intramolecular Hbond substituents is 1. The zero-order chi connectivity index (χ0) is 19.5. The first-order chi connectivity index (χ1) is 13.1. The lowest BCUT2D eigenvalue weighted by atomic mass is 10.2. The molecule has 0 radical (unpaired) electrons. The Bertz CT molecular complexity index is 760. The van der Waals surface area contributed by atoms with Crippen molar-refractivity contribution in [2.75, 3.05) is 25.0 Å². The third kappa shape index (κ3) is 6.89. The van der Waals surface area contributed by atoms with E-state index in [-0.39, 0.29) is 18.2 Å². The standard InChI is InChI=1S/C20H26N4O3/c1-3-21-20(22-13-15-7-5-6-8-18(15)27-4-2)23-14-19(26)24-16-9-11-17(25)12-10-16/h5-12,25H,3-4,13-14H2,1-2H3,(H,24,26)(H2,21,22,23). The van der Waals surface area contributed by atoms with Crippen molar-refractivity contribution in [3.8, 4) is 11.5 Å². The van der Waals surface area contributed by atoms with Gasteiger partial charge >= 0.3 is 0 Å². The summed E-state index contributed by atoms with van der Waals surface area (Å²) < 4.78 is 5.61. The number of rotatable bonds is 8. The first kappa shape index (κ1) is 20.1. The van der Waals surface area contributed by atoms with Crippen LogP contribution in [0.2, 0.25) is 0 Å². The average Bonchev–Trinajstić information content (AvgIpc) is 2.67. The molecule has 0 bridgehead atoms. The first-order valence-electron chi connectivity index (χ1n) is 8.94. The summed E-state index contributed by atoms with van der Waals surface area (Å²) in [5.74, 6) is 1.30.